The van der Waals surface area contributed by atoms with Gasteiger partial charge in [0.2, 0.25) is 0 Å². The lowest BCUT2D eigenvalue weighted by Crippen LogP contribution is -2.09. The molecule has 22 heavy (non-hydrogen) atoms. The molecule has 0 fully saturated rings. The van der Waals surface area contributed by atoms with E-state index in [1.165, 1.54) is 7.11 Å². The number of sulfone groups is 1. The van der Waals surface area contributed by atoms with Crippen molar-refractivity contribution >= 4 is 49.0 Å². The summed E-state index contributed by atoms with van der Waals surface area (Å²) in [4.78, 5) is 0. The number of hydrogen-bond donors (Lipinski definition) is 0. The molecular formula is C15H13BrCl2O3S. The Morgan fingerprint density at radius 3 is 2.32 bits per heavy atom. The van der Waals surface area contributed by atoms with E-state index in [0.29, 0.717) is 26.9 Å². The minimum Gasteiger partial charge on any atom is -0.496 e. The highest BCUT2D eigenvalue weighted by Gasteiger charge is 2.19. The van der Waals surface area contributed by atoms with Crippen LogP contribution in [0.15, 0.2) is 40.9 Å². The fraction of sp³-hybridized carbons (Fsp3) is 0.200. The summed E-state index contributed by atoms with van der Waals surface area (Å²) in [6, 6.07) is 10.2. The van der Waals surface area contributed by atoms with E-state index in [-0.39, 0.29) is 11.5 Å². The maximum absolute atomic E-state index is 12.5. The zero-order valence-electron chi connectivity index (χ0n) is 11.6. The molecule has 3 nitrogen and oxygen atoms in total. The molecule has 0 N–H and O–H groups in total. The van der Waals surface area contributed by atoms with Crippen molar-refractivity contribution in [3.05, 3.63) is 62.0 Å². The summed E-state index contributed by atoms with van der Waals surface area (Å²) in [6.45, 7) is 0. The van der Waals surface area contributed by atoms with Crippen LogP contribution in [0.3, 0.4) is 0 Å². The first-order valence-corrected chi connectivity index (χ1v) is 9.65. The Morgan fingerprint density at radius 2 is 1.73 bits per heavy atom. The lowest BCUT2D eigenvalue weighted by molar-refractivity contribution is 0.411. The summed E-state index contributed by atoms with van der Waals surface area (Å²) >= 11 is 15.4. The number of methoxy groups -OCH3 is 1. The Kier molecular flexibility index (Phi) is 5.77. The van der Waals surface area contributed by atoms with Crippen molar-refractivity contribution in [1.29, 1.82) is 0 Å². The van der Waals surface area contributed by atoms with Gasteiger partial charge in [-0.1, -0.05) is 45.2 Å². The summed E-state index contributed by atoms with van der Waals surface area (Å²) < 4.78 is 30.9. The van der Waals surface area contributed by atoms with E-state index in [1.807, 2.05) is 0 Å². The van der Waals surface area contributed by atoms with Crippen molar-refractivity contribution in [2.75, 3.05) is 7.11 Å². The minimum atomic E-state index is -3.45. The van der Waals surface area contributed by atoms with Gasteiger partial charge in [0.1, 0.15) is 5.75 Å². The molecule has 0 unspecified atom stereocenters. The van der Waals surface area contributed by atoms with Gasteiger partial charge in [-0.3, -0.25) is 0 Å². The van der Waals surface area contributed by atoms with Crippen molar-refractivity contribution in [1.82, 2.24) is 0 Å². The van der Waals surface area contributed by atoms with Crippen LogP contribution in [-0.4, -0.2) is 15.5 Å². The smallest absolute Gasteiger partial charge is 0.158 e. The zero-order valence-corrected chi connectivity index (χ0v) is 15.6. The molecule has 0 aromatic heterocycles. The van der Waals surface area contributed by atoms with Crippen molar-refractivity contribution in [2.24, 2.45) is 0 Å². The molecule has 0 saturated carbocycles. The topological polar surface area (TPSA) is 43.4 Å². The molecule has 0 bridgehead atoms. The predicted molar refractivity (Wildman–Crippen MR) is 93.5 cm³/mol. The Bertz CT molecular complexity index is 771. The Hall–Kier alpha value is -0.750. The van der Waals surface area contributed by atoms with Gasteiger partial charge < -0.3 is 4.74 Å². The van der Waals surface area contributed by atoms with Crippen LogP contribution in [-0.2, 0) is 21.3 Å². The first kappa shape index (κ1) is 17.6. The predicted octanol–water partition coefficient (Wildman–Crippen LogP) is 4.88. The Labute approximate surface area is 148 Å². The van der Waals surface area contributed by atoms with Gasteiger partial charge in [0.05, 0.1) is 18.6 Å². The number of ether oxygens (including phenoxy) is 1. The maximum atomic E-state index is 12.5. The number of hydrogen-bond acceptors (Lipinski definition) is 3. The summed E-state index contributed by atoms with van der Waals surface area (Å²) in [7, 11) is -1.95. The van der Waals surface area contributed by atoms with Crippen LogP contribution < -0.4 is 4.74 Å². The average Bonchev–Trinajstić information content (AvgIpc) is 2.43. The van der Waals surface area contributed by atoms with E-state index in [9.17, 15) is 8.42 Å². The number of rotatable bonds is 5. The van der Waals surface area contributed by atoms with Gasteiger partial charge in [-0.15, -0.1) is 0 Å². The van der Waals surface area contributed by atoms with E-state index >= 15 is 0 Å². The van der Waals surface area contributed by atoms with Crippen LogP contribution in [0.5, 0.6) is 5.75 Å². The third-order valence-electron chi connectivity index (χ3n) is 3.04. The zero-order chi connectivity index (χ0) is 16.3. The molecule has 0 aliphatic rings. The van der Waals surface area contributed by atoms with Crippen molar-refractivity contribution in [3.8, 4) is 5.75 Å². The van der Waals surface area contributed by atoms with E-state index in [0.717, 1.165) is 4.47 Å². The van der Waals surface area contributed by atoms with Gasteiger partial charge in [0.25, 0.3) is 0 Å². The quantitative estimate of drug-likeness (QED) is 0.688. The first-order valence-electron chi connectivity index (χ1n) is 6.28. The second-order valence-electron chi connectivity index (χ2n) is 4.69. The molecule has 0 heterocycles. The first-order chi connectivity index (χ1) is 10.3. The molecule has 7 heteroatoms. The van der Waals surface area contributed by atoms with Crippen LogP contribution in [0.2, 0.25) is 10.0 Å². The van der Waals surface area contributed by atoms with Gasteiger partial charge >= 0.3 is 0 Å². The van der Waals surface area contributed by atoms with Crippen molar-refractivity contribution in [2.45, 2.75) is 11.5 Å². The maximum Gasteiger partial charge on any atom is 0.158 e. The molecule has 0 saturated heterocycles. The fourth-order valence-electron chi connectivity index (χ4n) is 2.04. The molecule has 2 aromatic carbocycles. The lowest BCUT2D eigenvalue weighted by Gasteiger charge is -2.11. The van der Waals surface area contributed by atoms with E-state index in [4.69, 9.17) is 27.9 Å². The molecule has 0 spiro atoms. The Balaban J connectivity index is 2.31. The molecule has 0 aliphatic carbocycles. The SMILES string of the molecule is COc1ccc(Br)cc1CS(=O)(=O)Cc1c(Cl)cccc1Cl. The summed E-state index contributed by atoms with van der Waals surface area (Å²) in [6.07, 6.45) is 0. The molecule has 0 atom stereocenters. The minimum absolute atomic E-state index is 0.156. The Morgan fingerprint density at radius 1 is 1.09 bits per heavy atom. The van der Waals surface area contributed by atoms with Gasteiger partial charge in [-0.2, -0.15) is 0 Å². The monoisotopic (exact) mass is 422 g/mol. The van der Waals surface area contributed by atoms with Crippen LogP contribution >= 0.6 is 39.1 Å². The molecule has 118 valence electrons. The highest BCUT2D eigenvalue weighted by atomic mass is 79.9. The largest absolute Gasteiger partial charge is 0.496 e. The molecule has 0 amide bonds. The second-order valence-corrected chi connectivity index (χ2v) is 8.48. The number of halogens is 3. The van der Waals surface area contributed by atoms with Gasteiger partial charge in [0.15, 0.2) is 9.84 Å². The van der Waals surface area contributed by atoms with Gasteiger partial charge in [-0.05, 0) is 30.3 Å². The van der Waals surface area contributed by atoms with Gasteiger partial charge in [0, 0.05) is 25.6 Å². The van der Waals surface area contributed by atoms with E-state index in [1.54, 1.807) is 36.4 Å². The normalized spacial score (nSPS) is 11.5. The van der Waals surface area contributed by atoms with Crippen LogP contribution in [0.4, 0.5) is 0 Å². The molecule has 2 aromatic rings. The van der Waals surface area contributed by atoms with Crippen molar-refractivity contribution < 1.29 is 13.2 Å². The highest BCUT2D eigenvalue weighted by molar-refractivity contribution is 9.10. The highest BCUT2D eigenvalue weighted by Crippen LogP contribution is 2.29. The third-order valence-corrected chi connectivity index (χ3v) is 5.72. The van der Waals surface area contributed by atoms with Crippen LogP contribution in [0, 0.1) is 0 Å². The fourth-order valence-corrected chi connectivity index (χ4v) is 4.69. The molecule has 0 radical (unpaired) electrons. The summed E-state index contributed by atoms with van der Waals surface area (Å²) in [5, 5.41) is 0.689. The molecular weight excluding hydrogens is 411 g/mol. The third kappa shape index (κ3) is 4.38. The lowest BCUT2D eigenvalue weighted by atomic mass is 10.2. The summed E-state index contributed by atoms with van der Waals surface area (Å²) in [5.41, 5.74) is 1.000. The van der Waals surface area contributed by atoms with Crippen molar-refractivity contribution in [3.63, 3.8) is 0 Å². The average molecular weight is 424 g/mol. The second kappa shape index (κ2) is 7.21. The summed E-state index contributed by atoms with van der Waals surface area (Å²) in [5.74, 6) is 0.148. The molecule has 0 aliphatic heterocycles. The van der Waals surface area contributed by atoms with Gasteiger partial charge in [-0.25, -0.2) is 8.42 Å². The van der Waals surface area contributed by atoms with E-state index in [2.05, 4.69) is 15.9 Å². The standard InChI is InChI=1S/C15H13BrCl2O3S/c1-21-15-6-5-11(16)7-10(15)8-22(19,20)9-12-13(17)3-2-4-14(12)18/h2-7H,8-9H2,1H3. The van der Waals surface area contributed by atoms with Crippen LogP contribution in [0.25, 0.3) is 0 Å². The van der Waals surface area contributed by atoms with E-state index < -0.39 is 9.84 Å². The van der Waals surface area contributed by atoms with Crippen LogP contribution in [0.1, 0.15) is 11.1 Å². The molecule has 2 rings (SSSR count). The number of benzene rings is 2.